The SMILES string of the molecule is CCn1nc(C)cc1CC(O)c1ccc(C(F)(F)F)cc1. The molecule has 0 amide bonds. The number of hydrogen-bond donors (Lipinski definition) is 1. The van der Waals surface area contributed by atoms with Gasteiger partial charge in [-0.25, -0.2) is 0 Å². The highest BCUT2D eigenvalue weighted by molar-refractivity contribution is 5.27. The molecule has 1 heterocycles. The molecule has 0 radical (unpaired) electrons. The average Bonchev–Trinajstić information content (AvgIpc) is 2.78. The van der Waals surface area contributed by atoms with E-state index in [0.717, 1.165) is 23.5 Å². The molecule has 1 N–H and O–H groups in total. The molecule has 0 bridgehead atoms. The second kappa shape index (κ2) is 5.89. The first-order valence-electron chi connectivity index (χ1n) is 6.69. The van der Waals surface area contributed by atoms with Crippen LogP contribution in [-0.4, -0.2) is 14.9 Å². The molecule has 0 aliphatic carbocycles. The third kappa shape index (κ3) is 3.64. The minimum absolute atomic E-state index is 0.319. The molecule has 2 aromatic rings. The summed E-state index contributed by atoms with van der Waals surface area (Å²) in [6.45, 7) is 4.49. The first kappa shape index (κ1) is 15.6. The zero-order valence-electron chi connectivity index (χ0n) is 11.9. The van der Waals surface area contributed by atoms with Gasteiger partial charge in [-0.3, -0.25) is 4.68 Å². The largest absolute Gasteiger partial charge is 0.416 e. The minimum atomic E-state index is -4.36. The normalized spacial score (nSPS) is 13.4. The number of benzene rings is 1. The number of hydrogen-bond acceptors (Lipinski definition) is 2. The van der Waals surface area contributed by atoms with Crippen LogP contribution in [0.15, 0.2) is 30.3 Å². The van der Waals surface area contributed by atoms with Gasteiger partial charge in [0.1, 0.15) is 0 Å². The van der Waals surface area contributed by atoms with Gasteiger partial charge in [-0.1, -0.05) is 12.1 Å². The monoisotopic (exact) mass is 298 g/mol. The smallest absolute Gasteiger partial charge is 0.388 e. The number of aliphatic hydroxyl groups excluding tert-OH is 1. The van der Waals surface area contributed by atoms with Crippen LogP contribution in [-0.2, 0) is 19.1 Å². The quantitative estimate of drug-likeness (QED) is 0.938. The molecule has 0 saturated heterocycles. The van der Waals surface area contributed by atoms with Crippen molar-refractivity contribution in [3.8, 4) is 0 Å². The zero-order valence-corrected chi connectivity index (χ0v) is 11.9. The number of halogens is 3. The fraction of sp³-hybridized carbons (Fsp3) is 0.400. The summed E-state index contributed by atoms with van der Waals surface area (Å²) < 4.78 is 39.3. The number of aromatic nitrogens is 2. The summed E-state index contributed by atoms with van der Waals surface area (Å²) in [5, 5.41) is 14.5. The number of aryl methyl sites for hydroxylation is 2. The molecule has 0 spiro atoms. The van der Waals surface area contributed by atoms with Gasteiger partial charge >= 0.3 is 6.18 Å². The Morgan fingerprint density at radius 2 is 1.86 bits per heavy atom. The van der Waals surface area contributed by atoms with E-state index in [4.69, 9.17) is 0 Å². The Morgan fingerprint density at radius 3 is 2.38 bits per heavy atom. The summed E-state index contributed by atoms with van der Waals surface area (Å²) in [6.07, 6.45) is -4.89. The summed E-state index contributed by atoms with van der Waals surface area (Å²) in [4.78, 5) is 0. The highest BCUT2D eigenvalue weighted by Crippen LogP contribution is 2.30. The van der Waals surface area contributed by atoms with E-state index in [2.05, 4.69) is 5.10 Å². The summed E-state index contributed by atoms with van der Waals surface area (Å²) in [5.74, 6) is 0. The van der Waals surface area contributed by atoms with Gasteiger partial charge in [0, 0.05) is 18.7 Å². The number of nitrogens with zero attached hydrogens (tertiary/aromatic N) is 2. The topological polar surface area (TPSA) is 38.0 Å². The maximum Gasteiger partial charge on any atom is 0.416 e. The van der Waals surface area contributed by atoms with Crippen molar-refractivity contribution in [1.82, 2.24) is 9.78 Å². The van der Waals surface area contributed by atoms with E-state index in [-0.39, 0.29) is 0 Å². The molecular formula is C15H17F3N2O. The van der Waals surface area contributed by atoms with Crippen LogP contribution < -0.4 is 0 Å². The van der Waals surface area contributed by atoms with Crippen LogP contribution in [0.5, 0.6) is 0 Å². The van der Waals surface area contributed by atoms with Crippen molar-refractivity contribution in [2.75, 3.05) is 0 Å². The molecule has 0 saturated carbocycles. The van der Waals surface area contributed by atoms with Crippen LogP contribution in [0.4, 0.5) is 13.2 Å². The average molecular weight is 298 g/mol. The van der Waals surface area contributed by atoms with Crippen molar-refractivity contribution in [3.05, 3.63) is 52.8 Å². The van der Waals surface area contributed by atoms with Gasteiger partial charge in [0.05, 0.1) is 17.4 Å². The molecule has 3 nitrogen and oxygen atoms in total. The zero-order chi connectivity index (χ0) is 15.6. The lowest BCUT2D eigenvalue weighted by molar-refractivity contribution is -0.137. The Balaban J connectivity index is 2.15. The van der Waals surface area contributed by atoms with Crippen molar-refractivity contribution in [1.29, 1.82) is 0 Å². The Morgan fingerprint density at radius 1 is 1.24 bits per heavy atom. The van der Waals surface area contributed by atoms with E-state index in [0.29, 0.717) is 18.5 Å². The standard InChI is InChI=1S/C15H17F3N2O/c1-3-20-13(8-10(2)19-20)9-14(21)11-4-6-12(7-5-11)15(16,17)18/h4-8,14,21H,3,9H2,1-2H3. The van der Waals surface area contributed by atoms with Crippen LogP contribution in [0.1, 0.15) is 35.5 Å². The molecule has 0 aliphatic heterocycles. The number of alkyl halides is 3. The Labute approximate surface area is 121 Å². The van der Waals surface area contributed by atoms with E-state index in [1.54, 1.807) is 4.68 Å². The summed E-state index contributed by atoms with van der Waals surface area (Å²) in [6, 6.07) is 6.47. The second-order valence-electron chi connectivity index (χ2n) is 4.93. The molecule has 114 valence electrons. The predicted octanol–water partition coefficient (Wildman–Crippen LogP) is 3.51. The van der Waals surface area contributed by atoms with Crippen molar-refractivity contribution in [2.45, 2.75) is 39.1 Å². The maximum atomic E-state index is 12.5. The van der Waals surface area contributed by atoms with Gasteiger partial charge in [0.2, 0.25) is 0 Å². The van der Waals surface area contributed by atoms with E-state index in [9.17, 15) is 18.3 Å². The molecule has 2 rings (SSSR count). The van der Waals surface area contributed by atoms with E-state index < -0.39 is 17.8 Å². The molecule has 0 fully saturated rings. The fourth-order valence-electron chi connectivity index (χ4n) is 2.25. The molecule has 0 aliphatic rings. The van der Waals surface area contributed by atoms with E-state index in [1.165, 1.54) is 12.1 Å². The Hall–Kier alpha value is -1.82. The molecule has 6 heteroatoms. The highest BCUT2D eigenvalue weighted by atomic mass is 19.4. The molecule has 1 aromatic heterocycles. The molecule has 21 heavy (non-hydrogen) atoms. The van der Waals surface area contributed by atoms with Crippen molar-refractivity contribution < 1.29 is 18.3 Å². The number of aliphatic hydroxyl groups is 1. The summed E-state index contributed by atoms with van der Waals surface area (Å²) >= 11 is 0. The summed E-state index contributed by atoms with van der Waals surface area (Å²) in [5.41, 5.74) is 1.46. The molecule has 1 aromatic carbocycles. The van der Waals surface area contributed by atoms with Crippen LogP contribution >= 0.6 is 0 Å². The van der Waals surface area contributed by atoms with Crippen LogP contribution in [0.25, 0.3) is 0 Å². The van der Waals surface area contributed by atoms with Crippen molar-refractivity contribution in [2.24, 2.45) is 0 Å². The Kier molecular flexibility index (Phi) is 4.37. The van der Waals surface area contributed by atoms with Crippen LogP contribution in [0.3, 0.4) is 0 Å². The van der Waals surface area contributed by atoms with Gasteiger partial charge < -0.3 is 5.11 Å². The lowest BCUT2D eigenvalue weighted by Gasteiger charge is -2.13. The molecular weight excluding hydrogens is 281 g/mol. The summed E-state index contributed by atoms with van der Waals surface area (Å²) in [7, 11) is 0. The van der Waals surface area contributed by atoms with Crippen molar-refractivity contribution >= 4 is 0 Å². The third-order valence-electron chi connectivity index (χ3n) is 3.31. The maximum absolute atomic E-state index is 12.5. The van der Waals surface area contributed by atoms with Gasteiger partial charge in [-0.2, -0.15) is 18.3 Å². The van der Waals surface area contributed by atoms with Gasteiger partial charge in [0.25, 0.3) is 0 Å². The predicted molar refractivity (Wildman–Crippen MR) is 72.7 cm³/mol. The first-order chi connectivity index (χ1) is 9.81. The van der Waals surface area contributed by atoms with Crippen molar-refractivity contribution in [3.63, 3.8) is 0 Å². The third-order valence-corrected chi connectivity index (χ3v) is 3.31. The van der Waals surface area contributed by atoms with E-state index >= 15 is 0 Å². The lowest BCUT2D eigenvalue weighted by atomic mass is 10.0. The van der Waals surface area contributed by atoms with Gasteiger partial charge in [-0.15, -0.1) is 0 Å². The molecule has 1 unspecified atom stereocenters. The van der Waals surface area contributed by atoms with E-state index in [1.807, 2.05) is 19.9 Å². The highest BCUT2D eigenvalue weighted by Gasteiger charge is 2.30. The number of rotatable bonds is 4. The molecule has 1 atom stereocenters. The fourth-order valence-corrected chi connectivity index (χ4v) is 2.25. The second-order valence-corrected chi connectivity index (χ2v) is 4.93. The van der Waals surface area contributed by atoms with Gasteiger partial charge in [0.15, 0.2) is 0 Å². The van der Waals surface area contributed by atoms with Crippen LogP contribution in [0.2, 0.25) is 0 Å². The lowest BCUT2D eigenvalue weighted by Crippen LogP contribution is -2.09. The van der Waals surface area contributed by atoms with Crippen LogP contribution in [0, 0.1) is 6.92 Å². The Bertz CT molecular complexity index is 602. The minimum Gasteiger partial charge on any atom is -0.388 e. The first-order valence-corrected chi connectivity index (χ1v) is 6.69. The van der Waals surface area contributed by atoms with Gasteiger partial charge in [-0.05, 0) is 37.6 Å².